The number of hydrogen-bond donors (Lipinski definition) is 1. The number of hydrogen-bond acceptors (Lipinski definition) is 6. The summed E-state index contributed by atoms with van der Waals surface area (Å²) in [5.41, 5.74) is 0.0136. The van der Waals surface area contributed by atoms with Crippen LogP contribution in [0.3, 0.4) is 0 Å². The second kappa shape index (κ2) is 10.0. The van der Waals surface area contributed by atoms with Gasteiger partial charge in [-0.05, 0) is 31.0 Å². The quantitative estimate of drug-likeness (QED) is 0.506. The topological polar surface area (TPSA) is 102 Å². The van der Waals surface area contributed by atoms with Crippen molar-refractivity contribution < 1.29 is 27.5 Å². The molecule has 1 aromatic carbocycles. The number of rotatable bonds is 8. The predicted octanol–water partition coefficient (Wildman–Crippen LogP) is 1.43. The minimum absolute atomic E-state index is 0.0136. The zero-order valence-electron chi connectivity index (χ0n) is 15.1. The van der Waals surface area contributed by atoms with Gasteiger partial charge in [0.25, 0.3) is 5.91 Å². The lowest BCUT2D eigenvalue weighted by atomic mass is 10.2. The van der Waals surface area contributed by atoms with E-state index in [-0.39, 0.29) is 15.5 Å². The minimum atomic E-state index is -3.79. The number of carbonyl (C=O) groups excluding carboxylic acids is 2. The largest absolute Gasteiger partial charge is 0.452 e. The van der Waals surface area contributed by atoms with Crippen LogP contribution in [0.4, 0.5) is 0 Å². The van der Waals surface area contributed by atoms with Gasteiger partial charge in [0.1, 0.15) is 4.90 Å². The highest BCUT2D eigenvalue weighted by Gasteiger charge is 2.29. The lowest BCUT2D eigenvalue weighted by Crippen LogP contribution is -2.35. The van der Waals surface area contributed by atoms with E-state index in [1.807, 2.05) is 0 Å². The molecule has 1 amide bonds. The van der Waals surface area contributed by atoms with Crippen molar-refractivity contribution in [3.63, 3.8) is 0 Å². The molecule has 1 heterocycles. The molecule has 10 heteroatoms. The molecule has 1 saturated heterocycles. The maximum Gasteiger partial charge on any atom is 0.338 e. The number of ether oxygens (including phenoxy) is 2. The number of nitrogens with zero attached hydrogens (tertiary/aromatic N) is 1. The molecule has 0 aromatic heterocycles. The number of amides is 1. The van der Waals surface area contributed by atoms with E-state index in [0.29, 0.717) is 26.2 Å². The fourth-order valence-electron chi connectivity index (χ4n) is 2.63. The molecule has 2 rings (SSSR count). The number of piperidine rings is 1. The summed E-state index contributed by atoms with van der Waals surface area (Å²) in [6, 6.07) is 3.90. The molecule has 1 aliphatic rings. The van der Waals surface area contributed by atoms with Crippen LogP contribution in [0.5, 0.6) is 0 Å². The summed E-state index contributed by atoms with van der Waals surface area (Å²) in [6.45, 7) is 1.02. The Morgan fingerprint density at radius 3 is 2.59 bits per heavy atom. The molecule has 0 saturated carbocycles. The van der Waals surface area contributed by atoms with Crippen molar-refractivity contribution in [1.29, 1.82) is 0 Å². The monoisotopic (exact) mass is 418 g/mol. The molecule has 0 radical (unpaired) electrons. The molecule has 0 spiro atoms. The van der Waals surface area contributed by atoms with Crippen LogP contribution in [0, 0.1) is 0 Å². The zero-order chi connectivity index (χ0) is 19.9. The van der Waals surface area contributed by atoms with Gasteiger partial charge in [-0.25, -0.2) is 13.2 Å². The Balaban J connectivity index is 2.07. The van der Waals surface area contributed by atoms with Gasteiger partial charge in [-0.1, -0.05) is 18.0 Å². The van der Waals surface area contributed by atoms with Crippen LogP contribution in [-0.4, -0.2) is 64.6 Å². The first-order chi connectivity index (χ1) is 12.9. The van der Waals surface area contributed by atoms with Crippen molar-refractivity contribution in [2.45, 2.75) is 24.2 Å². The first kappa shape index (κ1) is 21.6. The summed E-state index contributed by atoms with van der Waals surface area (Å²) in [5.74, 6) is -1.28. The van der Waals surface area contributed by atoms with Crippen molar-refractivity contribution in [3.8, 4) is 0 Å². The van der Waals surface area contributed by atoms with Gasteiger partial charge in [-0.2, -0.15) is 4.31 Å². The minimum Gasteiger partial charge on any atom is -0.452 e. The fourth-order valence-corrected chi connectivity index (χ4v) is 4.65. The summed E-state index contributed by atoms with van der Waals surface area (Å²) in [6.07, 6.45) is 2.56. The zero-order valence-corrected chi connectivity index (χ0v) is 16.6. The van der Waals surface area contributed by atoms with Gasteiger partial charge in [0.05, 0.1) is 17.2 Å². The molecule has 1 fully saturated rings. The van der Waals surface area contributed by atoms with E-state index >= 15 is 0 Å². The lowest BCUT2D eigenvalue weighted by molar-refractivity contribution is -0.124. The number of benzene rings is 1. The van der Waals surface area contributed by atoms with Crippen LogP contribution < -0.4 is 5.32 Å². The van der Waals surface area contributed by atoms with Crippen molar-refractivity contribution in [3.05, 3.63) is 28.8 Å². The standard InChI is InChI=1S/C17H23ClN2O6S/c1-25-10-7-19-16(21)12-26-17(22)13-5-6-14(18)15(11-13)27(23,24)20-8-3-2-4-9-20/h5-6,11H,2-4,7-10,12H2,1H3,(H,19,21). The summed E-state index contributed by atoms with van der Waals surface area (Å²) in [4.78, 5) is 23.6. The molecular formula is C17H23ClN2O6S. The molecule has 27 heavy (non-hydrogen) atoms. The number of halogens is 1. The summed E-state index contributed by atoms with van der Waals surface area (Å²) in [5, 5.41) is 2.55. The van der Waals surface area contributed by atoms with E-state index in [1.165, 1.54) is 29.6 Å². The van der Waals surface area contributed by atoms with E-state index in [1.54, 1.807) is 0 Å². The highest BCUT2D eigenvalue weighted by molar-refractivity contribution is 7.89. The number of methoxy groups -OCH3 is 1. The predicted molar refractivity (Wildman–Crippen MR) is 99.2 cm³/mol. The van der Waals surface area contributed by atoms with E-state index in [0.717, 1.165) is 19.3 Å². The normalized spacial score (nSPS) is 15.3. The molecule has 0 atom stereocenters. The fraction of sp³-hybridized carbons (Fsp3) is 0.529. The maximum atomic E-state index is 12.8. The molecule has 150 valence electrons. The van der Waals surface area contributed by atoms with Gasteiger partial charge in [0, 0.05) is 26.7 Å². The molecule has 1 N–H and O–H groups in total. The molecule has 0 aliphatic carbocycles. The number of sulfonamides is 1. The molecule has 1 aliphatic heterocycles. The van der Waals surface area contributed by atoms with Gasteiger partial charge in [0.2, 0.25) is 10.0 Å². The lowest BCUT2D eigenvalue weighted by Gasteiger charge is -2.26. The first-order valence-corrected chi connectivity index (χ1v) is 10.4. The van der Waals surface area contributed by atoms with Gasteiger partial charge >= 0.3 is 5.97 Å². The van der Waals surface area contributed by atoms with Crippen molar-refractivity contribution in [1.82, 2.24) is 9.62 Å². The average Bonchev–Trinajstić information content (AvgIpc) is 2.67. The van der Waals surface area contributed by atoms with Crippen LogP contribution in [0.25, 0.3) is 0 Å². The summed E-state index contributed by atoms with van der Waals surface area (Å²) < 4.78 is 36.7. The third-order valence-corrected chi connectivity index (χ3v) is 6.44. The van der Waals surface area contributed by atoms with Crippen LogP contribution >= 0.6 is 11.6 Å². The smallest absolute Gasteiger partial charge is 0.338 e. The van der Waals surface area contributed by atoms with Gasteiger partial charge in [-0.3, -0.25) is 4.79 Å². The molecule has 0 unspecified atom stereocenters. The highest BCUT2D eigenvalue weighted by Crippen LogP contribution is 2.28. The molecule has 8 nitrogen and oxygen atoms in total. The van der Waals surface area contributed by atoms with Gasteiger partial charge in [-0.15, -0.1) is 0 Å². The maximum absolute atomic E-state index is 12.8. The third kappa shape index (κ3) is 5.90. The van der Waals surface area contributed by atoms with E-state index < -0.39 is 28.5 Å². The third-order valence-electron chi connectivity index (χ3n) is 4.06. The Morgan fingerprint density at radius 1 is 1.22 bits per heavy atom. The van der Waals surface area contributed by atoms with Crippen molar-refractivity contribution in [2.75, 3.05) is 40.0 Å². The Kier molecular flexibility index (Phi) is 8.03. The van der Waals surface area contributed by atoms with Crippen LogP contribution in [0.15, 0.2) is 23.1 Å². The van der Waals surface area contributed by atoms with Crippen molar-refractivity contribution >= 4 is 33.5 Å². The molecule has 1 aromatic rings. The summed E-state index contributed by atoms with van der Waals surface area (Å²) >= 11 is 6.07. The SMILES string of the molecule is COCCNC(=O)COC(=O)c1ccc(Cl)c(S(=O)(=O)N2CCCCC2)c1. The molecular weight excluding hydrogens is 396 g/mol. The average molecular weight is 419 g/mol. The number of esters is 1. The second-order valence-electron chi connectivity index (χ2n) is 6.03. The van der Waals surface area contributed by atoms with Crippen LogP contribution in [-0.2, 0) is 24.3 Å². The van der Waals surface area contributed by atoms with Crippen LogP contribution in [0.1, 0.15) is 29.6 Å². The first-order valence-electron chi connectivity index (χ1n) is 8.58. The van der Waals surface area contributed by atoms with Gasteiger partial charge < -0.3 is 14.8 Å². The molecule has 0 bridgehead atoms. The summed E-state index contributed by atoms with van der Waals surface area (Å²) in [7, 11) is -2.29. The van der Waals surface area contributed by atoms with E-state index in [2.05, 4.69) is 5.32 Å². The Hall–Kier alpha value is -1.68. The van der Waals surface area contributed by atoms with Crippen LogP contribution in [0.2, 0.25) is 5.02 Å². The highest BCUT2D eigenvalue weighted by atomic mass is 35.5. The number of carbonyl (C=O) groups is 2. The Labute approximate surface area is 163 Å². The Bertz CT molecular complexity index is 778. The Morgan fingerprint density at radius 2 is 1.93 bits per heavy atom. The van der Waals surface area contributed by atoms with Gasteiger partial charge in [0.15, 0.2) is 6.61 Å². The van der Waals surface area contributed by atoms with E-state index in [4.69, 9.17) is 21.1 Å². The van der Waals surface area contributed by atoms with E-state index in [9.17, 15) is 18.0 Å². The number of nitrogens with one attached hydrogen (secondary N) is 1. The van der Waals surface area contributed by atoms with Crippen molar-refractivity contribution in [2.24, 2.45) is 0 Å². The second-order valence-corrected chi connectivity index (χ2v) is 8.34.